The number of ether oxygens (including phenoxy) is 2. The fraction of sp³-hybridized carbons (Fsp3) is 0.273. The van der Waals surface area contributed by atoms with Crippen molar-refractivity contribution in [3.8, 4) is 17.2 Å². The van der Waals surface area contributed by atoms with Crippen molar-refractivity contribution in [3.05, 3.63) is 66.2 Å². The maximum Gasteiger partial charge on any atom is 0.233 e. The molecule has 0 aliphatic heterocycles. The first-order valence-corrected chi connectivity index (χ1v) is 10.2. The number of thioether (sulfide) groups is 1. The molecular formula is C22H25N3O3S. The lowest BCUT2D eigenvalue weighted by Gasteiger charge is -2.14. The molecule has 1 amide bonds. The van der Waals surface area contributed by atoms with Crippen molar-refractivity contribution in [2.24, 2.45) is 0 Å². The number of imidazole rings is 1. The normalized spacial score (nSPS) is 11.7. The number of amides is 1. The highest BCUT2D eigenvalue weighted by Gasteiger charge is 2.15. The van der Waals surface area contributed by atoms with Crippen molar-refractivity contribution < 1.29 is 14.3 Å². The van der Waals surface area contributed by atoms with E-state index in [1.54, 1.807) is 20.4 Å². The zero-order valence-electron chi connectivity index (χ0n) is 17.0. The van der Waals surface area contributed by atoms with Gasteiger partial charge in [0.05, 0.1) is 19.5 Å². The summed E-state index contributed by atoms with van der Waals surface area (Å²) in [5.41, 5.74) is 2.09. The Morgan fingerprint density at radius 2 is 1.86 bits per heavy atom. The molecule has 0 aliphatic rings. The van der Waals surface area contributed by atoms with Crippen LogP contribution >= 0.6 is 11.8 Å². The van der Waals surface area contributed by atoms with Crippen LogP contribution in [-0.2, 0) is 11.3 Å². The fourth-order valence-corrected chi connectivity index (χ4v) is 3.83. The number of aromatic nitrogens is 2. The Kier molecular flexibility index (Phi) is 6.82. The summed E-state index contributed by atoms with van der Waals surface area (Å²) in [6.07, 6.45) is 3.71. The van der Waals surface area contributed by atoms with Crippen LogP contribution < -0.4 is 14.8 Å². The van der Waals surface area contributed by atoms with E-state index in [-0.39, 0.29) is 11.2 Å². The molecule has 1 atom stereocenters. The minimum absolute atomic E-state index is 0.0145. The van der Waals surface area contributed by atoms with Crippen molar-refractivity contribution in [3.63, 3.8) is 0 Å². The quantitative estimate of drug-likeness (QED) is 0.568. The van der Waals surface area contributed by atoms with Crippen LogP contribution in [0.3, 0.4) is 0 Å². The lowest BCUT2D eigenvalue weighted by Crippen LogP contribution is -2.30. The molecule has 0 radical (unpaired) electrons. The minimum Gasteiger partial charge on any atom is -0.493 e. The van der Waals surface area contributed by atoms with Crippen molar-refractivity contribution >= 4 is 17.7 Å². The summed E-state index contributed by atoms with van der Waals surface area (Å²) in [7, 11) is 3.20. The number of hydrogen-bond acceptors (Lipinski definition) is 5. The Morgan fingerprint density at radius 3 is 2.48 bits per heavy atom. The molecule has 6 nitrogen and oxygen atoms in total. The van der Waals surface area contributed by atoms with E-state index in [4.69, 9.17) is 9.47 Å². The predicted octanol–water partition coefficient (Wildman–Crippen LogP) is 3.99. The van der Waals surface area contributed by atoms with Gasteiger partial charge in [-0.15, -0.1) is 11.8 Å². The lowest BCUT2D eigenvalue weighted by molar-refractivity contribution is -0.120. The van der Waals surface area contributed by atoms with Crippen LogP contribution in [0.1, 0.15) is 18.3 Å². The number of benzene rings is 2. The van der Waals surface area contributed by atoms with E-state index in [0.29, 0.717) is 18.0 Å². The Labute approximate surface area is 175 Å². The van der Waals surface area contributed by atoms with Gasteiger partial charge >= 0.3 is 0 Å². The summed E-state index contributed by atoms with van der Waals surface area (Å²) in [5.74, 6) is 2.24. The van der Waals surface area contributed by atoms with Gasteiger partial charge in [-0.2, -0.15) is 0 Å². The van der Waals surface area contributed by atoms with Gasteiger partial charge in [0, 0.05) is 29.5 Å². The molecule has 0 bridgehead atoms. The van der Waals surface area contributed by atoms with Crippen molar-refractivity contribution in [1.82, 2.24) is 14.9 Å². The van der Waals surface area contributed by atoms with Gasteiger partial charge in [0.25, 0.3) is 0 Å². The molecule has 0 fully saturated rings. The summed E-state index contributed by atoms with van der Waals surface area (Å²) in [5, 5.41) is 2.77. The monoisotopic (exact) mass is 411 g/mol. The lowest BCUT2D eigenvalue weighted by atomic mass is 10.2. The molecule has 0 saturated carbocycles. The minimum atomic E-state index is -0.235. The van der Waals surface area contributed by atoms with Gasteiger partial charge in [-0.05, 0) is 49.7 Å². The standard InChI is InChI=1S/C22H25N3O3S/c1-15(29-19-9-10-20(27-3)21(13-19)28-4)22(26)24-14-17-5-7-18(8-6-17)25-12-11-23-16(25)2/h5-13,15H,14H2,1-4H3,(H,24,26)/t15-/m0/s1. The number of nitrogens with one attached hydrogen (secondary N) is 1. The Bertz CT molecular complexity index is 970. The average Bonchev–Trinajstić information content (AvgIpc) is 3.18. The van der Waals surface area contributed by atoms with Crippen LogP contribution in [0.5, 0.6) is 11.5 Å². The summed E-state index contributed by atoms with van der Waals surface area (Å²) < 4.78 is 12.6. The summed E-state index contributed by atoms with van der Waals surface area (Å²) in [6.45, 7) is 4.34. The van der Waals surface area contributed by atoms with Gasteiger partial charge in [0.1, 0.15) is 5.82 Å². The fourth-order valence-electron chi connectivity index (χ4n) is 2.91. The molecule has 1 aromatic heterocycles. The Hall–Kier alpha value is -2.93. The van der Waals surface area contributed by atoms with Gasteiger partial charge in [-0.1, -0.05) is 12.1 Å². The second-order valence-corrected chi connectivity index (χ2v) is 7.92. The highest BCUT2D eigenvalue weighted by Crippen LogP contribution is 2.33. The Morgan fingerprint density at radius 1 is 1.14 bits per heavy atom. The number of rotatable bonds is 8. The number of aryl methyl sites for hydroxylation is 1. The molecule has 0 aliphatic carbocycles. The first kappa shape index (κ1) is 20.8. The largest absolute Gasteiger partial charge is 0.493 e. The molecule has 0 unspecified atom stereocenters. The van der Waals surface area contributed by atoms with Gasteiger partial charge < -0.3 is 19.4 Å². The molecule has 2 aromatic carbocycles. The SMILES string of the molecule is COc1ccc(S[C@@H](C)C(=O)NCc2ccc(-n3ccnc3C)cc2)cc1OC. The number of hydrogen-bond donors (Lipinski definition) is 1. The van der Waals surface area contributed by atoms with E-state index in [0.717, 1.165) is 22.0 Å². The van der Waals surface area contributed by atoms with Crippen molar-refractivity contribution in [2.45, 2.75) is 30.5 Å². The second kappa shape index (κ2) is 9.52. The van der Waals surface area contributed by atoms with Gasteiger partial charge in [-0.25, -0.2) is 4.98 Å². The predicted molar refractivity (Wildman–Crippen MR) is 115 cm³/mol. The van der Waals surface area contributed by atoms with Gasteiger partial charge in [0.2, 0.25) is 5.91 Å². The molecule has 0 saturated heterocycles. The van der Waals surface area contributed by atoms with Gasteiger partial charge in [0.15, 0.2) is 11.5 Å². The van der Waals surface area contributed by atoms with Crippen LogP contribution in [0.25, 0.3) is 5.69 Å². The van der Waals surface area contributed by atoms with Crippen LogP contribution in [0.4, 0.5) is 0 Å². The molecule has 0 spiro atoms. The highest BCUT2D eigenvalue weighted by molar-refractivity contribution is 8.00. The smallest absolute Gasteiger partial charge is 0.233 e. The van der Waals surface area contributed by atoms with Crippen LogP contribution in [0, 0.1) is 6.92 Å². The van der Waals surface area contributed by atoms with E-state index >= 15 is 0 Å². The summed E-state index contributed by atoms with van der Waals surface area (Å²) in [6, 6.07) is 13.7. The third-order valence-corrected chi connectivity index (χ3v) is 5.64. The molecule has 3 aromatic rings. The highest BCUT2D eigenvalue weighted by atomic mass is 32.2. The molecule has 1 heterocycles. The van der Waals surface area contributed by atoms with E-state index in [1.165, 1.54) is 11.8 Å². The molecule has 29 heavy (non-hydrogen) atoms. The third kappa shape index (κ3) is 5.12. The van der Waals surface area contributed by atoms with Crippen LogP contribution in [0.2, 0.25) is 0 Å². The van der Waals surface area contributed by atoms with Crippen molar-refractivity contribution in [2.75, 3.05) is 14.2 Å². The second-order valence-electron chi connectivity index (χ2n) is 6.51. The Balaban J connectivity index is 1.55. The van der Waals surface area contributed by atoms with Crippen molar-refractivity contribution in [1.29, 1.82) is 0 Å². The van der Waals surface area contributed by atoms with E-state index in [1.807, 2.05) is 67.1 Å². The third-order valence-electron chi connectivity index (χ3n) is 4.54. The van der Waals surface area contributed by atoms with Crippen LogP contribution in [-0.4, -0.2) is 34.9 Å². The molecule has 3 rings (SSSR count). The summed E-state index contributed by atoms with van der Waals surface area (Å²) in [4.78, 5) is 17.7. The van der Waals surface area contributed by atoms with E-state index < -0.39 is 0 Å². The van der Waals surface area contributed by atoms with E-state index in [2.05, 4.69) is 10.3 Å². The maximum absolute atomic E-state index is 12.5. The van der Waals surface area contributed by atoms with Crippen LogP contribution in [0.15, 0.2) is 59.8 Å². The molecule has 1 N–H and O–H groups in total. The zero-order chi connectivity index (χ0) is 20.8. The average molecular weight is 412 g/mol. The number of carbonyl (C=O) groups is 1. The number of carbonyl (C=O) groups excluding carboxylic acids is 1. The zero-order valence-corrected chi connectivity index (χ0v) is 17.8. The molecular weight excluding hydrogens is 386 g/mol. The van der Waals surface area contributed by atoms with E-state index in [9.17, 15) is 4.79 Å². The summed E-state index contributed by atoms with van der Waals surface area (Å²) >= 11 is 1.48. The number of nitrogens with zero attached hydrogens (tertiary/aromatic N) is 2. The maximum atomic E-state index is 12.5. The first-order chi connectivity index (χ1) is 14.0. The molecule has 152 valence electrons. The topological polar surface area (TPSA) is 65.4 Å². The van der Waals surface area contributed by atoms with Gasteiger partial charge in [-0.3, -0.25) is 4.79 Å². The molecule has 7 heteroatoms. The first-order valence-electron chi connectivity index (χ1n) is 9.27. The number of methoxy groups -OCH3 is 2.